The smallest absolute Gasteiger partial charge is 0.203 e. The molecule has 2 unspecified atom stereocenters. The minimum atomic E-state index is 0. The summed E-state index contributed by atoms with van der Waals surface area (Å²) in [7, 11) is 4.94. The van der Waals surface area contributed by atoms with Crippen molar-refractivity contribution in [3.63, 3.8) is 0 Å². The van der Waals surface area contributed by atoms with Gasteiger partial charge in [0.05, 0.1) is 21.3 Å². The Bertz CT molecular complexity index is 670. The highest BCUT2D eigenvalue weighted by Gasteiger charge is 2.35. The van der Waals surface area contributed by atoms with Gasteiger partial charge in [-0.15, -0.1) is 24.0 Å². The van der Waals surface area contributed by atoms with Crippen LogP contribution in [-0.4, -0.2) is 58.4 Å². The van der Waals surface area contributed by atoms with E-state index in [9.17, 15) is 0 Å². The third kappa shape index (κ3) is 5.61. The van der Waals surface area contributed by atoms with Crippen molar-refractivity contribution in [3.8, 4) is 17.2 Å². The number of guanidine groups is 1. The summed E-state index contributed by atoms with van der Waals surface area (Å²) < 4.78 is 16.5. The molecule has 3 rings (SSSR count). The molecule has 6 nitrogen and oxygen atoms in total. The van der Waals surface area contributed by atoms with E-state index in [-0.39, 0.29) is 24.0 Å². The number of likely N-dealkylation sites (tertiary alicyclic amines) is 1. The maximum Gasteiger partial charge on any atom is 0.203 e. The summed E-state index contributed by atoms with van der Waals surface area (Å²) in [5.41, 5.74) is 1.08. The van der Waals surface area contributed by atoms with Crippen molar-refractivity contribution in [2.75, 3.05) is 47.5 Å². The molecule has 0 spiro atoms. The molecule has 29 heavy (non-hydrogen) atoms. The summed E-state index contributed by atoms with van der Waals surface area (Å²) >= 11 is 0. The minimum absolute atomic E-state index is 0. The lowest BCUT2D eigenvalue weighted by molar-refractivity contribution is 0.299. The van der Waals surface area contributed by atoms with Gasteiger partial charge in [0, 0.05) is 31.7 Å². The quantitative estimate of drug-likeness (QED) is 0.337. The number of methoxy groups -OCH3 is 3. The lowest BCUT2D eigenvalue weighted by Gasteiger charge is -2.22. The number of hydrogen-bond donors (Lipinski definition) is 1. The van der Waals surface area contributed by atoms with Crippen molar-refractivity contribution in [1.82, 2.24) is 10.2 Å². The first-order chi connectivity index (χ1) is 13.7. The topological polar surface area (TPSA) is 55.3 Å². The summed E-state index contributed by atoms with van der Waals surface area (Å²) in [5.74, 6) is 4.80. The van der Waals surface area contributed by atoms with E-state index >= 15 is 0 Å². The Morgan fingerprint density at radius 2 is 1.69 bits per heavy atom. The second-order valence-electron chi connectivity index (χ2n) is 7.69. The number of halogens is 1. The highest BCUT2D eigenvalue weighted by Crippen LogP contribution is 2.40. The third-order valence-corrected chi connectivity index (χ3v) is 6.04. The molecular weight excluding hydrogens is 481 g/mol. The molecule has 2 atom stereocenters. The highest BCUT2D eigenvalue weighted by molar-refractivity contribution is 14.0. The summed E-state index contributed by atoms with van der Waals surface area (Å²) in [6, 6.07) is 3.96. The zero-order valence-corrected chi connectivity index (χ0v) is 20.5. The molecule has 0 amide bonds. The molecule has 1 N–H and O–H groups in total. The second kappa shape index (κ2) is 11.7. The molecular formula is C22H36IN3O3. The molecule has 164 valence electrons. The van der Waals surface area contributed by atoms with Crippen LogP contribution < -0.4 is 19.5 Å². The van der Waals surface area contributed by atoms with Crippen LogP contribution in [0.15, 0.2) is 17.1 Å². The Kier molecular flexibility index (Phi) is 9.65. The van der Waals surface area contributed by atoms with Crippen molar-refractivity contribution < 1.29 is 14.2 Å². The summed E-state index contributed by atoms with van der Waals surface area (Å²) in [5, 5.41) is 3.49. The van der Waals surface area contributed by atoms with E-state index in [2.05, 4.69) is 17.1 Å². The second-order valence-corrected chi connectivity index (χ2v) is 7.69. The van der Waals surface area contributed by atoms with Crippen molar-refractivity contribution in [3.05, 3.63) is 17.7 Å². The Morgan fingerprint density at radius 1 is 1.03 bits per heavy atom. The highest BCUT2D eigenvalue weighted by atomic mass is 127. The number of benzene rings is 1. The van der Waals surface area contributed by atoms with Crippen LogP contribution in [0.5, 0.6) is 17.2 Å². The fourth-order valence-electron chi connectivity index (χ4n) is 4.65. The lowest BCUT2D eigenvalue weighted by Crippen LogP contribution is -2.40. The average molecular weight is 517 g/mol. The van der Waals surface area contributed by atoms with Crippen molar-refractivity contribution in [2.45, 2.75) is 39.0 Å². The number of aliphatic imine (C=N–C) groups is 1. The first-order valence-corrected chi connectivity index (χ1v) is 10.5. The van der Waals surface area contributed by atoms with E-state index in [4.69, 9.17) is 19.2 Å². The molecule has 1 aliphatic carbocycles. The van der Waals surface area contributed by atoms with E-state index in [0.29, 0.717) is 18.0 Å². The molecule has 1 saturated heterocycles. The minimum Gasteiger partial charge on any atom is -0.493 e. The normalized spacial score (nSPS) is 21.2. The third-order valence-electron chi connectivity index (χ3n) is 6.04. The molecule has 2 aliphatic rings. The maximum absolute atomic E-state index is 5.60. The van der Waals surface area contributed by atoms with Gasteiger partial charge in [0.15, 0.2) is 17.5 Å². The molecule has 0 radical (unpaired) electrons. The number of nitrogens with zero attached hydrogens (tertiary/aromatic N) is 2. The van der Waals surface area contributed by atoms with Gasteiger partial charge in [0.1, 0.15) is 0 Å². The standard InChI is InChI=1S/C22H35N3O3.HI/c1-5-23-22(25-14-17-8-6-7-9-18(17)15-25)24-13-12-16-10-11-19(26-2)21(28-4)20(16)27-3;/h10-11,17-18H,5-9,12-15H2,1-4H3,(H,23,24);1H. The van der Waals surface area contributed by atoms with Gasteiger partial charge in [0.25, 0.3) is 0 Å². The average Bonchev–Trinajstić information content (AvgIpc) is 3.16. The Morgan fingerprint density at radius 3 is 2.24 bits per heavy atom. The first-order valence-electron chi connectivity index (χ1n) is 10.5. The molecule has 1 aliphatic heterocycles. The summed E-state index contributed by atoms with van der Waals surface area (Å²) in [4.78, 5) is 7.39. The fraction of sp³-hybridized carbons (Fsp3) is 0.682. The van der Waals surface area contributed by atoms with Crippen LogP contribution in [0.2, 0.25) is 0 Å². The van der Waals surface area contributed by atoms with Crippen molar-refractivity contribution >= 4 is 29.9 Å². The van der Waals surface area contributed by atoms with E-state index in [1.54, 1.807) is 21.3 Å². The molecule has 1 aromatic carbocycles. The summed E-state index contributed by atoms with van der Waals surface area (Å²) in [6.45, 7) is 6.03. The van der Waals surface area contributed by atoms with Gasteiger partial charge in [-0.3, -0.25) is 4.99 Å². The molecule has 1 aromatic rings. The van der Waals surface area contributed by atoms with Crippen LogP contribution in [0, 0.1) is 11.8 Å². The number of hydrogen-bond acceptors (Lipinski definition) is 4. The number of ether oxygens (including phenoxy) is 3. The molecule has 2 fully saturated rings. The molecule has 1 saturated carbocycles. The van der Waals surface area contributed by atoms with Crippen LogP contribution in [0.4, 0.5) is 0 Å². The monoisotopic (exact) mass is 517 g/mol. The van der Waals surface area contributed by atoms with E-state index in [0.717, 1.165) is 55.2 Å². The van der Waals surface area contributed by atoms with Crippen molar-refractivity contribution in [2.24, 2.45) is 16.8 Å². The molecule has 1 heterocycles. The number of nitrogens with one attached hydrogen (secondary N) is 1. The maximum atomic E-state index is 5.60. The van der Waals surface area contributed by atoms with Crippen LogP contribution in [0.1, 0.15) is 38.2 Å². The predicted molar refractivity (Wildman–Crippen MR) is 128 cm³/mol. The predicted octanol–water partition coefficient (Wildman–Crippen LogP) is 3.96. The van der Waals surface area contributed by atoms with Gasteiger partial charge in [-0.2, -0.15) is 0 Å². The van der Waals surface area contributed by atoms with Gasteiger partial charge >= 0.3 is 0 Å². The lowest BCUT2D eigenvalue weighted by atomic mass is 9.82. The zero-order chi connectivity index (χ0) is 19.9. The van der Waals surface area contributed by atoms with Gasteiger partial charge in [-0.1, -0.05) is 18.9 Å². The van der Waals surface area contributed by atoms with Crippen LogP contribution in [0.3, 0.4) is 0 Å². The SMILES string of the molecule is CCNC(=NCCc1ccc(OC)c(OC)c1OC)N1CC2CCCCC2C1.I. The molecule has 0 bridgehead atoms. The van der Waals surface area contributed by atoms with Gasteiger partial charge < -0.3 is 24.4 Å². The van der Waals surface area contributed by atoms with E-state index < -0.39 is 0 Å². The largest absolute Gasteiger partial charge is 0.493 e. The Labute approximate surface area is 192 Å². The van der Waals surface area contributed by atoms with Gasteiger partial charge in [0.2, 0.25) is 5.75 Å². The van der Waals surface area contributed by atoms with Crippen LogP contribution in [0.25, 0.3) is 0 Å². The number of fused-ring (bicyclic) bond motifs is 1. The van der Waals surface area contributed by atoms with E-state index in [1.807, 2.05) is 12.1 Å². The fourth-order valence-corrected chi connectivity index (χ4v) is 4.65. The van der Waals surface area contributed by atoms with E-state index in [1.165, 1.54) is 25.7 Å². The van der Waals surface area contributed by atoms with Crippen LogP contribution >= 0.6 is 24.0 Å². The van der Waals surface area contributed by atoms with Crippen molar-refractivity contribution in [1.29, 1.82) is 0 Å². The number of rotatable bonds is 7. The van der Waals surface area contributed by atoms with Gasteiger partial charge in [-0.05, 0) is 44.1 Å². The summed E-state index contributed by atoms with van der Waals surface area (Å²) in [6.07, 6.45) is 6.33. The van der Waals surface area contributed by atoms with Gasteiger partial charge in [-0.25, -0.2) is 0 Å². The Hall–Kier alpha value is -1.38. The molecule has 0 aromatic heterocycles. The zero-order valence-electron chi connectivity index (χ0n) is 18.2. The first kappa shape index (κ1) is 23.9. The van der Waals surface area contributed by atoms with Crippen LogP contribution in [-0.2, 0) is 6.42 Å². The Balaban J connectivity index is 0.00000300. The molecule has 7 heteroatoms.